The number of hydrogen-bond acceptors (Lipinski definition) is 2. The van der Waals surface area contributed by atoms with Crippen molar-refractivity contribution in [2.75, 3.05) is 0 Å². The van der Waals surface area contributed by atoms with Crippen LogP contribution in [0.5, 0.6) is 0 Å². The molecule has 0 saturated heterocycles. The molecule has 19 heavy (non-hydrogen) atoms. The second-order valence-electron chi connectivity index (χ2n) is 4.02. The molecule has 0 atom stereocenters. The predicted octanol–water partition coefficient (Wildman–Crippen LogP) is 4.00. The van der Waals surface area contributed by atoms with E-state index in [2.05, 4.69) is 32.0 Å². The van der Waals surface area contributed by atoms with Crippen LogP contribution in [0.4, 0.5) is 4.39 Å². The number of halogens is 2. The van der Waals surface area contributed by atoms with Crippen molar-refractivity contribution < 1.29 is 4.39 Å². The first-order chi connectivity index (χ1) is 9.19. The Balaban J connectivity index is 2.27. The van der Waals surface area contributed by atoms with E-state index in [1.165, 1.54) is 6.07 Å². The number of imidazole rings is 1. The van der Waals surface area contributed by atoms with Gasteiger partial charge < -0.3 is 4.98 Å². The summed E-state index contributed by atoms with van der Waals surface area (Å²) in [6.07, 6.45) is 0. The van der Waals surface area contributed by atoms with E-state index < -0.39 is 0 Å². The Morgan fingerprint density at radius 3 is 2.89 bits per heavy atom. The van der Waals surface area contributed by atoms with Crippen LogP contribution in [0.1, 0.15) is 5.56 Å². The lowest BCUT2D eigenvalue weighted by molar-refractivity contribution is 0.630. The van der Waals surface area contributed by atoms with Gasteiger partial charge in [0.25, 0.3) is 0 Å². The summed E-state index contributed by atoms with van der Waals surface area (Å²) < 4.78 is 14.6. The first-order valence-corrected chi connectivity index (χ1v) is 6.32. The molecule has 1 aromatic heterocycles. The van der Waals surface area contributed by atoms with Gasteiger partial charge in [-0.05, 0) is 30.3 Å². The molecule has 0 amide bonds. The lowest BCUT2D eigenvalue weighted by Crippen LogP contribution is -1.86. The highest BCUT2D eigenvalue weighted by Crippen LogP contribution is 2.27. The summed E-state index contributed by atoms with van der Waals surface area (Å²) in [4.78, 5) is 7.35. The largest absolute Gasteiger partial charge is 0.338 e. The second-order valence-corrected chi connectivity index (χ2v) is 4.94. The van der Waals surface area contributed by atoms with Gasteiger partial charge in [0, 0.05) is 4.47 Å². The van der Waals surface area contributed by atoms with Crippen molar-refractivity contribution in [2.24, 2.45) is 0 Å². The van der Waals surface area contributed by atoms with Crippen molar-refractivity contribution in [1.29, 1.82) is 5.26 Å². The number of benzene rings is 2. The molecule has 3 rings (SSSR count). The summed E-state index contributed by atoms with van der Waals surface area (Å²) in [5, 5.41) is 9.03. The van der Waals surface area contributed by atoms with Crippen LogP contribution in [0.15, 0.2) is 40.9 Å². The van der Waals surface area contributed by atoms with Gasteiger partial charge in [0.15, 0.2) is 0 Å². The average Bonchev–Trinajstić information content (AvgIpc) is 2.85. The highest BCUT2D eigenvalue weighted by atomic mass is 79.9. The summed E-state index contributed by atoms with van der Waals surface area (Å²) >= 11 is 3.30. The van der Waals surface area contributed by atoms with Gasteiger partial charge in [0.2, 0.25) is 0 Å². The summed E-state index contributed by atoms with van der Waals surface area (Å²) in [5.41, 5.74) is 2.11. The molecule has 0 fully saturated rings. The van der Waals surface area contributed by atoms with Crippen molar-refractivity contribution in [3.63, 3.8) is 0 Å². The Morgan fingerprint density at radius 1 is 1.26 bits per heavy atom. The minimum Gasteiger partial charge on any atom is -0.338 e. The van der Waals surface area contributed by atoms with Crippen molar-refractivity contribution in [1.82, 2.24) is 9.97 Å². The fourth-order valence-electron chi connectivity index (χ4n) is 1.93. The zero-order valence-electron chi connectivity index (χ0n) is 9.61. The van der Waals surface area contributed by atoms with Gasteiger partial charge >= 0.3 is 0 Å². The molecule has 0 unspecified atom stereocenters. The lowest BCUT2D eigenvalue weighted by atomic mass is 10.2. The van der Waals surface area contributed by atoms with Gasteiger partial charge in [-0.3, -0.25) is 0 Å². The second kappa shape index (κ2) is 4.48. The van der Waals surface area contributed by atoms with Crippen LogP contribution < -0.4 is 0 Å². The van der Waals surface area contributed by atoms with Crippen molar-refractivity contribution in [2.45, 2.75) is 0 Å². The number of nitriles is 1. The van der Waals surface area contributed by atoms with E-state index >= 15 is 0 Å². The Bertz CT molecular complexity index is 817. The van der Waals surface area contributed by atoms with Crippen LogP contribution in [-0.4, -0.2) is 9.97 Å². The Labute approximate surface area is 116 Å². The Kier molecular flexibility index (Phi) is 2.80. The third-order valence-corrected chi connectivity index (χ3v) is 3.31. The number of aromatic amines is 1. The quantitative estimate of drug-likeness (QED) is 0.737. The molecule has 0 bridgehead atoms. The molecular weight excluding hydrogens is 309 g/mol. The third-order valence-electron chi connectivity index (χ3n) is 2.82. The third kappa shape index (κ3) is 2.00. The summed E-state index contributed by atoms with van der Waals surface area (Å²) in [6.45, 7) is 0. The summed E-state index contributed by atoms with van der Waals surface area (Å²) in [5.74, 6) is 0.0530. The molecule has 0 saturated carbocycles. The maximum atomic E-state index is 13.8. The number of nitrogens with one attached hydrogen (secondary N) is 1. The zero-order valence-corrected chi connectivity index (χ0v) is 11.2. The number of rotatable bonds is 1. The zero-order chi connectivity index (χ0) is 13.4. The van der Waals surface area contributed by atoms with E-state index in [1.54, 1.807) is 24.3 Å². The molecule has 5 heteroatoms. The van der Waals surface area contributed by atoms with Crippen molar-refractivity contribution in [3.8, 4) is 17.5 Å². The monoisotopic (exact) mass is 315 g/mol. The molecule has 2 aromatic carbocycles. The van der Waals surface area contributed by atoms with E-state index in [0.29, 0.717) is 28.0 Å². The van der Waals surface area contributed by atoms with Crippen LogP contribution in [0.3, 0.4) is 0 Å². The number of fused-ring (bicyclic) bond motifs is 1. The minimum atomic E-state index is -0.360. The fraction of sp³-hybridized carbons (Fsp3) is 0. The number of nitrogens with zero attached hydrogens (tertiary/aromatic N) is 2. The molecule has 92 valence electrons. The Morgan fingerprint density at radius 2 is 2.11 bits per heavy atom. The highest BCUT2D eigenvalue weighted by Gasteiger charge is 2.12. The molecule has 0 aliphatic carbocycles. The maximum absolute atomic E-state index is 13.8. The maximum Gasteiger partial charge on any atom is 0.141 e. The van der Waals surface area contributed by atoms with Crippen molar-refractivity contribution in [3.05, 3.63) is 52.3 Å². The van der Waals surface area contributed by atoms with Gasteiger partial charge in [-0.15, -0.1) is 0 Å². The number of hydrogen-bond donors (Lipinski definition) is 1. The molecule has 0 radical (unpaired) electrons. The van der Waals surface area contributed by atoms with E-state index in [1.807, 2.05) is 6.07 Å². The first kappa shape index (κ1) is 11.9. The molecule has 0 spiro atoms. The summed E-state index contributed by atoms with van der Waals surface area (Å²) in [7, 11) is 0. The number of H-pyrrole nitrogens is 1. The molecule has 0 aliphatic heterocycles. The molecular formula is C14H7BrFN3. The van der Waals surface area contributed by atoms with Crippen LogP contribution in [-0.2, 0) is 0 Å². The highest BCUT2D eigenvalue weighted by molar-refractivity contribution is 9.10. The molecule has 1 heterocycles. The van der Waals surface area contributed by atoms with Gasteiger partial charge in [0.05, 0.1) is 16.6 Å². The van der Waals surface area contributed by atoms with Crippen LogP contribution in [0, 0.1) is 17.1 Å². The fourth-order valence-corrected chi connectivity index (χ4v) is 2.29. The van der Waals surface area contributed by atoms with Gasteiger partial charge in [-0.25, -0.2) is 9.37 Å². The number of aromatic nitrogens is 2. The van der Waals surface area contributed by atoms with E-state index in [0.717, 1.165) is 4.47 Å². The van der Waals surface area contributed by atoms with Crippen LogP contribution >= 0.6 is 15.9 Å². The van der Waals surface area contributed by atoms with E-state index in [4.69, 9.17) is 5.26 Å². The minimum absolute atomic E-state index is 0.360. The SMILES string of the molecule is N#Cc1cccc2[nH]c(-c3cc(Br)ccc3F)nc12. The molecule has 3 aromatic rings. The molecule has 1 N–H and O–H groups in total. The van der Waals surface area contributed by atoms with Gasteiger partial charge in [0.1, 0.15) is 23.2 Å². The first-order valence-electron chi connectivity index (χ1n) is 5.53. The molecule has 3 nitrogen and oxygen atoms in total. The van der Waals surface area contributed by atoms with E-state index in [9.17, 15) is 4.39 Å². The standard InChI is InChI=1S/C14H7BrFN3/c15-9-4-5-11(16)10(6-9)14-18-12-3-1-2-8(7-17)13(12)19-14/h1-6H,(H,18,19). The van der Waals surface area contributed by atoms with E-state index in [-0.39, 0.29) is 5.82 Å². The normalized spacial score (nSPS) is 10.6. The summed E-state index contributed by atoms with van der Waals surface area (Å²) in [6, 6.07) is 12.0. The average molecular weight is 316 g/mol. The van der Waals surface area contributed by atoms with Gasteiger partial charge in [-0.2, -0.15) is 5.26 Å². The van der Waals surface area contributed by atoms with Gasteiger partial charge in [-0.1, -0.05) is 22.0 Å². The van der Waals surface area contributed by atoms with Crippen LogP contribution in [0.2, 0.25) is 0 Å². The van der Waals surface area contributed by atoms with Crippen LogP contribution in [0.25, 0.3) is 22.4 Å². The molecule has 0 aliphatic rings. The predicted molar refractivity (Wildman–Crippen MR) is 73.9 cm³/mol. The topological polar surface area (TPSA) is 52.5 Å². The van der Waals surface area contributed by atoms with Crippen molar-refractivity contribution >= 4 is 27.0 Å². The smallest absolute Gasteiger partial charge is 0.141 e. The lowest BCUT2D eigenvalue weighted by Gasteiger charge is -1.99. The number of para-hydroxylation sites is 1. The Hall–Kier alpha value is -2.19.